The summed E-state index contributed by atoms with van der Waals surface area (Å²) in [5.41, 5.74) is 0.390. The fourth-order valence-corrected chi connectivity index (χ4v) is 6.20. The number of aliphatic carboxylic acids is 1. The second kappa shape index (κ2) is 15.1. The number of aromatic hydroxyl groups is 2. The van der Waals surface area contributed by atoms with Gasteiger partial charge in [-0.05, 0) is 83.0 Å². The lowest BCUT2D eigenvalue weighted by Gasteiger charge is -2.34. The summed E-state index contributed by atoms with van der Waals surface area (Å²) in [6.07, 6.45) is -0.426. The van der Waals surface area contributed by atoms with Gasteiger partial charge in [0.2, 0.25) is 0 Å². The Labute approximate surface area is 255 Å². The number of benzene rings is 3. The van der Waals surface area contributed by atoms with Crippen molar-refractivity contribution >= 4 is 16.7 Å². The quantitative estimate of drug-likeness (QED) is 0.103. The maximum atomic E-state index is 14.0. The van der Waals surface area contributed by atoms with E-state index in [-0.39, 0.29) is 17.9 Å². The van der Waals surface area contributed by atoms with Crippen LogP contribution in [-0.4, -0.2) is 33.4 Å². The van der Waals surface area contributed by atoms with E-state index in [4.69, 9.17) is 0 Å². The van der Waals surface area contributed by atoms with Gasteiger partial charge in [-0.3, -0.25) is 4.79 Å². The van der Waals surface area contributed by atoms with Crippen molar-refractivity contribution in [1.82, 2.24) is 0 Å². The molecule has 1 unspecified atom stereocenters. The van der Waals surface area contributed by atoms with Crippen molar-refractivity contribution < 1.29 is 42.1 Å². The van der Waals surface area contributed by atoms with E-state index >= 15 is 0 Å². The normalized spacial score (nSPS) is 13.7. The molecule has 44 heavy (non-hydrogen) atoms. The van der Waals surface area contributed by atoms with E-state index in [0.29, 0.717) is 46.7 Å². The maximum Gasteiger partial charge on any atom is 0.453 e. The minimum atomic E-state index is -5.74. The number of carboxylic acids is 1. The van der Waals surface area contributed by atoms with Crippen LogP contribution in [0.2, 0.25) is 0 Å². The molecule has 242 valence electrons. The standard InChI is InChI=1S/C35H43F5O4/c1-3-5-6-7-8-9-10-11-19-33(32(43)44,20-12-21-34(36,37)35(38,39)40)31-29-18-15-27(42)23-25(29)13-16-30(31)28-17-14-26(41)22-24(28)4-2/h13-18,22-23,41-42H,3-12,19-21H2,1-2H3,(H,43,44). The highest BCUT2D eigenvalue weighted by Gasteiger charge is 2.57. The van der Waals surface area contributed by atoms with Crippen LogP contribution in [-0.2, 0) is 16.6 Å². The van der Waals surface area contributed by atoms with Crippen LogP contribution in [0.5, 0.6) is 11.5 Å². The lowest BCUT2D eigenvalue weighted by Crippen LogP contribution is -2.39. The molecule has 9 heteroatoms. The molecule has 0 fully saturated rings. The molecule has 3 aromatic rings. The van der Waals surface area contributed by atoms with Gasteiger partial charge in [0.15, 0.2) is 0 Å². The summed E-state index contributed by atoms with van der Waals surface area (Å²) in [6, 6.07) is 12.6. The van der Waals surface area contributed by atoms with Crippen LogP contribution in [0.3, 0.4) is 0 Å². The molecule has 0 aliphatic carbocycles. The number of alkyl halides is 5. The molecule has 1 atom stereocenters. The van der Waals surface area contributed by atoms with Crippen molar-refractivity contribution in [3.8, 4) is 22.6 Å². The van der Waals surface area contributed by atoms with Gasteiger partial charge in [0.05, 0.1) is 5.41 Å². The molecule has 3 aromatic carbocycles. The van der Waals surface area contributed by atoms with E-state index in [1.165, 1.54) is 18.2 Å². The third kappa shape index (κ3) is 8.21. The molecule has 3 N–H and O–H groups in total. The van der Waals surface area contributed by atoms with Crippen LogP contribution >= 0.6 is 0 Å². The van der Waals surface area contributed by atoms with Crippen molar-refractivity contribution in [1.29, 1.82) is 0 Å². The fraction of sp³-hybridized carbons (Fsp3) is 0.514. The van der Waals surface area contributed by atoms with Gasteiger partial charge in [-0.25, -0.2) is 0 Å². The third-order valence-corrected chi connectivity index (χ3v) is 8.62. The molecular formula is C35H43F5O4. The van der Waals surface area contributed by atoms with E-state index in [2.05, 4.69) is 6.92 Å². The van der Waals surface area contributed by atoms with E-state index in [0.717, 1.165) is 44.1 Å². The molecule has 0 amide bonds. The van der Waals surface area contributed by atoms with Gasteiger partial charge < -0.3 is 15.3 Å². The monoisotopic (exact) mass is 622 g/mol. The molecule has 3 rings (SSSR count). The summed E-state index contributed by atoms with van der Waals surface area (Å²) in [5.74, 6) is -6.27. The van der Waals surface area contributed by atoms with Gasteiger partial charge in [0, 0.05) is 6.42 Å². The average molecular weight is 623 g/mol. The molecule has 4 nitrogen and oxygen atoms in total. The number of unbranched alkanes of at least 4 members (excludes halogenated alkanes) is 7. The van der Waals surface area contributed by atoms with E-state index in [1.807, 2.05) is 6.92 Å². The summed E-state index contributed by atoms with van der Waals surface area (Å²) in [7, 11) is 0. The molecule has 0 bridgehead atoms. The summed E-state index contributed by atoms with van der Waals surface area (Å²) in [4.78, 5) is 13.4. The van der Waals surface area contributed by atoms with Crippen LogP contribution in [0.4, 0.5) is 22.0 Å². The number of phenolic OH excluding ortho intramolecular Hbond substituents is 2. The van der Waals surface area contributed by atoms with Crippen LogP contribution < -0.4 is 0 Å². The zero-order valence-electron chi connectivity index (χ0n) is 25.5. The molecular weight excluding hydrogens is 579 g/mol. The number of aryl methyl sites for hydroxylation is 1. The number of fused-ring (bicyclic) bond motifs is 1. The first kappa shape index (κ1) is 35.1. The minimum Gasteiger partial charge on any atom is -0.508 e. The summed E-state index contributed by atoms with van der Waals surface area (Å²) >= 11 is 0. The zero-order chi connectivity index (χ0) is 32.5. The van der Waals surface area contributed by atoms with Gasteiger partial charge >= 0.3 is 18.1 Å². The molecule has 0 radical (unpaired) electrons. The zero-order valence-corrected chi connectivity index (χ0v) is 25.5. The second-order valence-electron chi connectivity index (χ2n) is 11.8. The molecule has 0 aliphatic heterocycles. The summed E-state index contributed by atoms with van der Waals surface area (Å²) in [5, 5.41) is 32.2. The second-order valence-corrected chi connectivity index (χ2v) is 11.8. The van der Waals surface area contributed by atoms with E-state index in [9.17, 15) is 42.1 Å². The number of hydrogen-bond donors (Lipinski definition) is 3. The van der Waals surface area contributed by atoms with Gasteiger partial charge in [-0.2, -0.15) is 22.0 Å². The maximum absolute atomic E-state index is 14.0. The van der Waals surface area contributed by atoms with Crippen LogP contribution in [0.15, 0.2) is 48.5 Å². The number of carbonyl (C=O) groups is 1. The Hall–Kier alpha value is -3.36. The topological polar surface area (TPSA) is 77.8 Å². The third-order valence-electron chi connectivity index (χ3n) is 8.62. The summed E-state index contributed by atoms with van der Waals surface area (Å²) in [6.45, 7) is 4.00. The Balaban J connectivity index is 2.17. The Bertz CT molecular complexity index is 1400. The van der Waals surface area contributed by atoms with Gasteiger partial charge in [0.25, 0.3) is 0 Å². The van der Waals surface area contributed by atoms with Crippen LogP contribution in [0.1, 0.15) is 102 Å². The highest BCUT2D eigenvalue weighted by atomic mass is 19.4. The van der Waals surface area contributed by atoms with Crippen molar-refractivity contribution in [2.45, 2.75) is 115 Å². The van der Waals surface area contributed by atoms with E-state index in [1.54, 1.807) is 30.3 Å². The molecule has 0 spiro atoms. The Morgan fingerprint density at radius 1 is 0.682 bits per heavy atom. The van der Waals surface area contributed by atoms with Gasteiger partial charge in [-0.1, -0.05) is 89.5 Å². The van der Waals surface area contributed by atoms with Gasteiger partial charge in [0.1, 0.15) is 11.5 Å². The first-order valence-corrected chi connectivity index (χ1v) is 15.5. The predicted molar refractivity (Wildman–Crippen MR) is 163 cm³/mol. The highest BCUT2D eigenvalue weighted by Crippen LogP contribution is 2.48. The average Bonchev–Trinajstić information content (AvgIpc) is 2.96. The van der Waals surface area contributed by atoms with Crippen molar-refractivity contribution in [2.24, 2.45) is 0 Å². The summed E-state index contributed by atoms with van der Waals surface area (Å²) < 4.78 is 67.3. The van der Waals surface area contributed by atoms with Crippen molar-refractivity contribution in [2.75, 3.05) is 0 Å². The van der Waals surface area contributed by atoms with Crippen molar-refractivity contribution in [3.63, 3.8) is 0 Å². The molecule has 0 aromatic heterocycles. The highest BCUT2D eigenvalue weighted by molar-refractivity contribution is 5.99. The largest absolute Gasteiger partial charge is 0.508 e. The lowest BCUT2D eigenvalue weighted by atomic mass is 9.68. The number of hydrogen-bond acceptors (Lipinski definition) is 3. The molecule has 0 saturated carbocycles. The fourth-order valence-electron chi connectivity index (χ4n) is 6.20. The molecule has 0 aliphatic rings. The number of carboxylic acid groups (broad SMARTS) is 1. The Morgan fingerprint density at radius 3 is 1.86 bits per heavy atom. The number of rotatable bonds is 17. The lowest BCUT2D eigenvalue weighted by molar-refractivity contribution is -0.284. The van der Waals surface area contributed by atoms with Crippen LogP contribution in [0, 0.1) is 0 Å². The first-order valence-electron chi connectivity index (χ1n) is 15.5. The van der Waals surface area contributed by atoms with Crippen molar-refractivity contribution in [3.05, 3.63) is 59.7 Å². The molecule has 0 heterocycles. The smallest absolute Gasteiger partial charge is 0.453 e. The number of halogens is 5. The van der Waals surface area contributed by atoms with Crippen LogP contribution in [0.25, 0.3) is 21.9 Å². The SMILES string of the molecule is CCCCCCCCCCC(CCCC(F)(F)C(F)(F)F)(C(=O)O)c1c(-c2ccc(O)cc2CC)ccc2cc(O)ccc12. The van der Waals surface area contributed by atoms with Gasteiger partial charge in [-0.15, -0.1) is 0 Å². The Morgan fingerprint density at radius 2 is 1.25 bits per heavy atom. The minimum absolute atomic E-state index is 0.0238. The Kier molecular flexibility index (Phi) is 12.0. The predicted octanol–water partition coefficient (Wildman–Crippen LogP) is 10.7. The number of phenols is 2. The first-order chi connectivity index (χ1) is 20.8. The van der Waals surface area contributed by atoms with E-state index < -0.39 is 42.7 Å². The molecule has 0 saturated heterocycles.